The number of pyridine rings is 1. The number of aryl methyl sites for hydroxylation is 2. The maximum atomic E-state index is 13.4. The molecule has 0 aliphatic rings. The van der Waals surface area contributed by atoms with E-state index in [0.29, 0.717) is 16.3 Å². The number of nitrogens with two attached hydrogens (primary N) is 1. The number of unbranched alkanes of at least 4 members (excludes halogenated alkanes) is 1. The topological polar surface area (TPSA) is 68.0 Å². The summed E-state index contributed by atoms with van der Waals surface area (Å²) in [6, 6.07) is 8.17. The first kappa shape index (κ1) is 17.4. The van der Waals surface area contributed by atoms with Crippen molar-refractivity contribution < 1.29 is 9.18 Å². The summed E-state index contributed by atoms with van der Waals surface area (Å²) in [4.78, 5) is 18.4. The summed E-state index contributed by atoms with van der Waals surface area (Å²) in [6.45, 7) is 3.95. The number of nitrogens with zero attached hydrogens (tertiary/aromatic N) is 1. The zero-order valence-corrected chi connectivity index (χ0v) is 15.0. The first-order valence-corrected chi connectivity index (χ1v) is 9.06. The minimum Gasteiger partial charge on any atom is -0.397 e. The van der Waals surface area contributed by atoms with Gasteiger partial charge in [-0.05, 0) is 49.6 Å². The van der Waals surface area contributed by atoms with Gasteiger partial charge in [-0.15, -0.1) is 11.3 Å². The number of nitrogens with one attached hydrogen (secondary N) is 1. The largest absolute Gasteiger partial charge is 0.397 e. The van der Waals surface area contributed by atoms with Gasteiger partial charge in [0.05, 0.1) is 5.69 Å². The van der Waals surface area contributed by atoms with Gasteiger partial charge in [0.1, 0.15) is 15.5 Å². The quantitative estimate of drug-likeness (QED) is 0.681. The highest BCUT2D eigenvalue weighted by Crippen LogP contribution is 2.33. The number of halogens is 1. The lowest BCUT2D eigenvalue weighted by Gasteiger charge is -2.07. The second kappa shape index (κ2) is 7.19. The Morgan fingerprint density at radius 1 is 1.32 bits per heavy atom. The van der Waals surface area contributed by atoms with E-state index < -0.39 is 5.82 Å². The molecule has 0 saturated heterocycles. The Kier molecular flexibility index (Phi) is 4.99. The molecule has 6 heteroatoms. The summed E-state index contributed by atoms with van der Waals surface area (Å²) >= 11 is 1.27. The minimum atomic E-state index is -0.396. The molecular formula is C19H20FN3OS. The molecule has 130 valence electrons. The van der Waals surface area contributed by atoms with E-state index in [1.165, 1.54) is 23.5 Å². The predicted octanol–water partition coefficient (Wildman–Crippen LogP) is 4.92. The van der Waals surface area contributed by atoms with E-state index in [1.54, 1.807) is 6.07 Å². The average molecular weight is 357 g/mol. The number of amides is 1. The SMILES string of the molecule is CCCCc1ccc2c(N)c(C(=O)Nc3cc(F)ccc3C)sc2n1. The molecule has 4 nitrogen and oxygen atoms in total. The van der Waals surface area contributed by atoms with E-state index in [-0.39, 0.29) is 5.91 Å². The molecule has 0 saturated carbocycles. The van der Waals surface area contributed by atoms with Crippen LogP contribution >= 0.6 is 11.3 Å². The van der Waals surface area contributed by atoms with Crippen LogP contribution in [0.15, 0.2) is 30.3 Å². The third-order valence-corrected chi connectivity index (χ3v) is 5.21. The van der Waals surface area contributed by atoms with Gasteiger partial charge >= 0.3 is 0 Å². The van der Waals surface area contributed by atoms with Crippen molar-refractivity contribution in [2.45, 2.75) is 33.1 Å². The van der Waals surface area contributed by atoms with Gasteiger partial charge in [0.15, 0.2) is 0 Å². The third-order valence-electron chi connectivity index (χ3n) is 4.09. The molecule has 0 fully saturated rings. The highest BCUT2D eigenvalue weighted by molar-refractivity contribution is 7.21. The number of hydrogen-bond acceptors (Lipinski definition) is 4. The number of benzene rings is 1. The number of anilines is 2. The highest BCUT2D eigenvalue weighted by atomic mass is 32.1. The van der Waals surface area contributed by atoms with Gasteiger partial charge in [0.25, 0.3) is 5.91 Å². The number of aromatic nitrogens is 1. The van der Waals surface area contributed by atoms with Crippen LogP contribution in [0.4, 0.5) is 15.8 Å². The Morgan fingerprint density at radius 2 is 2.12 bits per heavy atom. The van der Waals surface area contributed by atoms with Gasteiger partial charge in [0.2, 0.25) is 0 Å². The van der Waals surface area contributed by atoms with Gasteiger partial charge in [-0.3, -0.25) is 4.79 Å². The molecular weight excluding hydrogens is 337 g/mol. The fourth-order valence-corrected chi connectivity index (χ4v) is 3.62. The van der Waals surface area contributed by atoms with Crippen molar-refractivity contribution in [3.8, 4) is 0 Å². The lowest BCUT2D eigenvalue weighted by atomic mass is 10.1. The molecule has 1 amide bonds. The lowest BCUT2D eigenvalue weighted by molar-refractivity contribution is 0.103. The summed E-state index contributed by atoms with van der Waals surface area (Å²) in [7, 11) is 0. The fourth-order valence-electron chi connectivity index (χ4n) is 2.61. The number of fused-ring (bicyclic) bond motifs is 1. The normalized spacial score (nSPS) is 11.0. The van der Waals surface area contributed by atoms with Crippen LogP contribution in [0.25, 0.3) is 10.2 Å². The Bertz CT molecular complexity index is 936. The molecule has 0 aliphatic carbocycles. The molecule has 3 N–H and O–H groups in total. The van der Waals surface area contributed by atoms with Crippen LogP contribution in [0.3, 0.4) is 0 Å². The lowest BCUT2D eigenvalue weighted by Crippen LogP contribution is -2.13. The monoisotopic (exact) mass is 357 g/mol. The number of hydrogen-bond donors (Lipinski definition) is 2. The molecule has 3 aromatic rings. The van der Waals surface area contributed by atoms with Crippen LogP contribution in [-0.2, 0) is 6.42 Å². The number of carbonyl (C=O) groups is 1. The average Bonchev–Trinajstić information content (AvgIpc) is 2.92. The van der Waals surface area contributed by atoms with Crippen molar-refractivity contribution in [3.63, 3.8) is 0 Å². The standard InChI is InChI=1S/C19H20FN3OS/c1-3-4-5-13-8-9-14-16(21)17(25-19(14)22-13)18(24)23-15-10-12(20)7-6-11(15)2/h6-10H,3-5,21H2,1-2H3,(H,23,24). The number of carbonyl (C=O) groups excluding carboxylic acids is 1. The van der Waals surface area contributed by atoms with Gasteiger partial charge in [-0.2, -0.15) is 0 Å². The van der Waals surface area contributed by atoms with Crippen LogP contribution in [0.1, 0.15) is 40.7 Å². The van der Waals surface area contributed by atoms with Crippen LogP contribution in [0.5, 0.6) is 0 Å². The molecule has 0 unspecified atom stereocenters. The van der Waals surface area contributed by atoms with Gasteiger partial charge in [0, 0.05) is 16.8 Å². The molecule has 2 aromatic heterocycles. The smallest absolute Gasteiger partial charge is 0.267 e. The second-order valence-corrected chi connectivity index (χ2v) is 7.02. The molecule has 0 atom stereocenters. The van der Waals surface area contributed by atoms with Crippen LogP contribution < -0.4 is 11.1 Å². The van der Waals surface area contributed by atoms with Crippen LogP contribution in [0.2, 0.25) is 0 Å². The summed E-state index contributed by atoms with van der Waals surface area (Å²) in [5.41, 5.74) is 8.80. The number of thiophene rings is 1. The summed E-state index contributed by atoms with van der Waals surface area (Å²) < 4.78 is 13.4. The van der Waals surface area contributed by atoms with Gasteiger partial charge in [-0.1, -0.05) is 19.4 Å². The first-order chi connectivity index (χ1) is 12.0. The van der Waals surface area contributed by atoms with Crippen LogP contribution in [-0.4, -0.2) is 10.9 Å². The van der Waals surface area contributed by atoms with Crippen molar-refractivity contribution >= 4 is 38.8 Å². The number of rotatable bonds is 5. The van der Waals surface area contributed by atoms with Gasteiger partial charge in [-0.25, -0.2) is 9.37 Å². The molecule has 3 rings (SSSR count). The summed E-state index contributed by atoms with van der Waals surface area (Å²) in [5, 5.41) is 3.53. The van der Waals surface area contributed by atoms with E-state index in [2.05, 4.69) is 17.2 Å². The minimum absolute atomic E-state index is 0.343. The van der Waals surface area contributed by atoms with Crippen molar-refractivity contribution in [2.24, 2.45) is 0 Å². The van der Waals surface area contributed by atoms with E-state index in [9.17, 15) is 9.18 Å². The molecule has 0 bridgehead atoms. The summed E-state index contributed by atoms with van der Waals surface area (Å²) in [5.74, 6) is -0.739. The molecule has 0 radical (unpaired) electrons. The Balaban J connectivity index is 1.90. The second-order valence-electron chi connectivity index (χ2n) is 6.02. The molecule has 2 heterocycles. The van der Waals surface area contributed by atoms with E-state index in [1.807, 2.05) is 19.1 Å². The zero-order valence-electron chi connectivity index (χ0n) is 14.2. The maximum Gasteiger partial charge on any atom is 0.267 e. The van der Waals surface area contributed by atoms with E-state index in [0.717, 1.165) is 40.7 Å². The van der Waals surface area contributed by atoms with Gasteiger partial charge < -0.3 is 11.1 Å². The van der Waals surface area contributed by atoms with E-state index >= 15 is 0 Å². The van der Waals surface area contributed by atoms with Crippen molar-refractivity contribution in [3.05, 3.63) is 52.3 Å². The molecule has 1 aromatic carbocycles. The first-order valence-electron chi connectivity index (χ1n) is 8.25. The number of nitrogen functional groups attached to an aromatic ring is 1. The Morgan fingerprint density at radius 3 is 2.88 bits per heavy atom. The third kappa shape index (κ3) is 3.64. The maximum absolute atomic E-state index is 13.4. The van der Waals surface area contributed by atoms with Crippen molar-refractivity contribution in [2.75, 3.05) is 11.1 Å². The molecule has 0 spiro atoms. The Hall–Kier alpha value is -2.47. The molecule has 25 heavy (non-hydrogen) atoms. The molecule has 0 aliphatic heterocycles. The van der Waals surface area contributed by atoms with Crippen molar-refractivity contribution in [1.82, 2.24) is 4.98 Å². The highest BCUT2D eigenvalue weighted by Gasteiger charge is 2.18. The Labute approximate surface area is 149 Å². The van der Waals surface area contributed by atoms with E-state index in [4.69, 9.17) is 5.73 Å². The predicted molar refractivity (Wildman–Crippen MR) is 102 cm³/mol. The fraction of sp³-hybridized carbons (Fsp3) is 0.263. The summed E-state index contributed by atoms with van der Waals surface area (Å²) in [6.07, 6.45) is 3.09. The van der Waals surface area contributed by atoms with Crippen molar-refractivity contribution in [1.29, 1.82) is 0 Å². The zero-order chi connectivity index (χ0) is 18.0. The van der Waals surface area contributed by atoms with Crippen LogP contribution in [0, 0.1) is 12.7 Å².